The van der Waals surface area contributed by atoms with Crippen molar-refractivity contribution in [3.05, 3.63) is 96.0 Å². The third kappa shape index (κ3) is 6.42. The number of aromatic nitrogens is 3. The number of rotatable bonds is 9. The summed E-state index contributed by atoms with van der Waals surface area (Å²) < 4.78 is 15.6. The molecule has 4 aromatic rings. The van der Waals surface area contributed by atoms with E-state index in [-0.39, 0.29) is 23.5 Å². The summed E-state index contributed by atoms with van der Waals surface area (Å²) in [6.07, 6.45) is 5.40. The van der Waals surface area contributed by atoms with Crippen molar-refractivity contribution in [3.63, 3.8) is 0 Å². The molecule has 11 heteroatoms. The third-order valence-electron chi connectivity index (χ3n) is 8.68. The van der Waals surface area contributed by atoms with E-state index in [4.69, 9.17) is 4.98 Å². The highest BCUT2D eigenvalue weighted by Gasteiger charge is 2.39. The smallest absolute Gasteiger partial charge is 0.333 e. The summed E-state index contributed by atoms with van der Waals surface area (Å²) in [7, 11) is 0. The number of hydrogen-bond acceptors (Lipinski definition) is 7. The van der Waals surface area contributed by atoms with Crippen LogP contribution >= 0.6 is 0 Å². The van der Waals surface area contributed by atoms with Crippen LogP contribution in [-0.4, -0.2) is 79.3 Å². The molecule has 2 aliphatic heterocycles. The van der Waals surface area contributed by atoms with Crippen molar-refractivity contribution in [2.75, 3.05) is 29.9 Å². The zero-order chi connectivity index (χ0) is 30.6. The molecule has 10 nitrogen and oxygen atoms in total. The number of aliphatic carboxylic acids is 2. The second-order valence-electron chi connectivity index (χ2n) is 11.4. The summed E-state index contributed by atoms with van der Waals surface area (Å²) in [4.78, 5) is 37.9. The maximum absolute atomic E-state index is 13.6. The lowest BCUT2D eigenvalue weighted by atomic mass is 9.88. The van der Waals surface area contributed by atoms with Crippen LogP contribution in [0, 0.1) is 5.82 Å². The van der Waals surface area contributed by atoms with Gasteiger partial charge in [-0.2, -0.15) is 0 Å². The van der Waals surface area contributed by atoms with Gasteiger partial charge in [0.05, 0.1) is 23.2 Å². The van der Waals surface area contributed by atoms with Gasteiger partial charge >= 0.3 is 11.9 Å². The number of benzene rings is 2. The fourth-order valence-corrected chi connectivity index (χ4v) is 6.56. The number of carboxylic acids is 2. The second kappa shape index (κ2) is 12.8. The van der Waals surface area contributed by atoms with Crippen molar-refractivity contribution in [1.82, 2.24) is 19.4 Å². The summed E-state index contributed by atoms with van der Waals surface area (Å²) in [6.45, 7) is 2.65. The van der Waals surface area contributed by atoms with Crippen LogP contribution in [0.3, 0.4) is 0 Å². The van der Waals surface area contributed by atoms with Gasteiger partial charge in [0, 0.05) is 50.0 Å². The van der Waals surface area contributed by atoms with E-state index in [0.717, 1.165) is 60.8 Å². The lowest BCUT2D eigenvalue weighted by Gasteiger charge is -2.47. The van der Waals surface area contributed by atoms with Crippen LogP contribution in [0.25, 0.3) is 11.0 Å². The zero-order valence-corrected chi connectivity index (χ0v) is 24.2. The van der Waals surface area contributed by atoms with Crippen molar-refractivity contribution < 1.29 is 24.2 Å². The van der Waals surface area contributed by atoms with Crippen molar-refractivity contribution in [3.8, 4) is 0 Å². The van der Waals surface area contributed by atoms with E-state index in [2.05, 4.69) is 20.1 Å². The van der Waals surface area contributed by atoms with Gasteiger partial charge in [-0.1, -0.05) is 30.3 Å². The monoisotopic (exact) mass is 598 g/mol. The SMILES string of the molecule is O=C(O)/C=C(\C(=O)O)C1CC(Nc2nc3ccccc3n2Cc2ccc(F)cc2)CCN1C1CCN(c2ccccn2)CC1. The Morgan fingerprint density at radius 3 is 2.41 bits per heavy atom. The number of para-hydroxylation sites is 2. The van der Waals surface area contributed by atoms with Gasteiger partial charge in [-0.3, -0.25) is 4.90 Å². The van der Waals surface area contributed by atoms with Crippen LogP contribution in [0.2, 0.25) is 0 Å². The van der Waals surface area contributed by atoms with Crippen LogP contribution in [0.1, 0.15) is 31.2 Å². The predicted molar refractivity (Wildman–Crippen MR) is 165 cm³/mol. The number of pyridine rings is 1. The van der Waals surface area contributed by atoms with E-state index in [1.54, 1.807) is 18.3 Å². The van der Waals surface area contributed by atoms with Gasteiger partial charge in [-0.15, -0.1) is 0 Å². The molecule has 0 bridgehead atoms. The molecule has 2 saturated heterocycles. The van der Waals surface area contributed by atoms with E-state index < -0.39 is 18.0 Å². The number of carbonyl (C=O) groups is 2. The summed E-state index contributed by atoms with van der Waals surface area (Å²) in [5.74, 6) is -1.24. The third-order valence-corrected chi connectivity index (χ3v) is 8.68. The van der Waals surface area contributed by atoms with Crippen LogP contribution in [0.15, 0.2) is 84.6 Å². The van der Waals surface area contributed by atoms with Crippen LogP contribution in [0.5, 0.6) is 0 Å². The Bertz CT molecular complexity index is 1650. The first-order valence-corrected chi connectivity index (χ1v) is 14.9. The lowest BCUT2D eigenvalue weighted by molar-refractivity contribution is -0.136. The summed E-state index contributed by atoms with van der Waals surface area (Å²) >= 11 is 0. The number of halogens is 1. The minimum atomic E-state index is -1.27. The van der Waals surface area contributed by atoms with Crippen molar-refractivity contribution in [2.24, 2.45) is 0 Å². The van der Waals surface area contributed by atoms with Crippen molar-refractivity contribution in [2.45, 2.75) is 50.4 Å². The first kappa shape index (κ1) is 29.3. The molecule has 0 amide bonds. The van der Waals surface area contributed by atoms with Crippen LogP contribution in [0.4, 0.5) is 16.2 Å². The van der Waals surface area contributed by atoms with Gasteiger partial charge < -0.3 is 25.0 Å². The Labute approximate surface area is 254 Å². The average molecular weight is 599 g/mol. The average Bonchev–Trinajstić information content (AvgIpc) is 3.37. The molecule has 44 heavy (non-hydrogen) atoms. The van der Waals surface area contributed by atoms with Gasteiger partial charge in [0.15, 0.2) is 0 Å². The molecule has 2 aromatic carbocycles. The largest absolute Gasteiger partial charge is 0.478 e. The Balaban J connectivity index is 1.24. The quantitative estimate of drug-likeness (QED) is 0.237. The highest BCUT2D eigenvalue weighted by atomic mass is 19.1. The van der Waals surface area contributed by atoms with Gasteiger partial charge in [0.1, 0.15) is 11.6 Å². The molecule has 228 valence electrons. The standard InChI is InChI=1S/C33H35FN6O4/c34-23-10-8-22(9-11-23)21-40-28-6-2-1-5-27(28)37-33(40)36-24-12-18-39(29(19-24)26(32(43)44)20-31(41)42)25-13-16-38(17-14-25)30-7-3-4-15-35-30/h1-11,15,20,24-25,29H,12-14,16-19,21H2,(H,36,37)(H,41,42)(H,43,44)/b26-20-. The summed E-state index contributed by atoms with van der Waals surface area (Å²) in [5.41, 5.74) is 2.53. The number of fused-ring (bicyclic) bond motifs is 1. The molecule has 3 N–H and O–H groups in total. The molecule has 0 spiro atoms. The molecular weight excluding hydrogens is 563 g/mol. The first-order chi connectivity index (χ1) is 21.4. The predicted octanol–water partition coefficient (Wildman–Crippen LogP) is 4.63. The first-order valence-electron chi connectivity index (χ1n) is 14.9. The van der Waals surface area contributed by atoms with Crippen molar-refractivity contribution >= 4 is 34.7 Å². The fraction of sp³-hybridized carbons (Fsp3) is 0.333. The molecule has 2 fully saturated rings. The topological polar surface area (TPSA) is 124 Å². The maximum atomic E-state index is 13.6. The molecule has 0 aliphatic carbocycles. The van der Waals surface area contributed by atoms with Crippen LogP contribution < -0.4 is 10.2 Å². The molecule has 6 rings (SSSR count). The van der Waals surface area contributed by atoms with Gasteiger partial charge in [-0.25, -0.2) is 23.9 Å². The number of anilines is 2. The molecule has 2 aliphatic rings. The maximum Gasteiger partial charge on any atom is 0.333 e. The number of nitrogens with zero attached hydrogens (tertiary/aromatic N) is 5. The number of hydrogen-bond donors (Lipinski definition) is 3. The summed E-state index contributed by atoms with van der Waals surface area (Å²) in [6, 6.07) is 19.4. The Hall–Kier alpha value is -4.77. The Morgan fingerprint density at radius 1 is 0.955 bits per heavy atom. The molecule has 0 saturated carbocycles. The van der Waals surface area contributed by atoms with Gasteiger partial charge in [0.2, 0.25) is 5.95 Å². The van der Waals surface area contributed by atoms with Crippen LogP contribution in [-0.2, 0) is 16.1 Å². The zero-order valence-electron chi connectivity index (χ0n) is 24.2. The van der Waals surface area contributed by atoms with Gasteiger partial charge in [0.25, 0.3) is 0 Å². The Kier molecular flexibility index (Phi) is 8.56. The van der Waals surface area contributed by atoms with Gasteiger partial charge in [-0.05, 0) is 67.6 Å². The number of carboxylic acid groups (broad SMARTS) is 2. The number of nitrogens with one attached hydrogen (secondary N) is 1. The van der Waals surface area contributed by atoms with E-state index >= 15 is 0 Å². The fourth-order valence-electron chi connectivity index (χ4n) is 6.56. The molecule has 2 aromatic heterocycles. The normalized spacial score (nSPS) is 20.1. The number of imidazole rings is 1. The van der Waals surface area contributed by atoms with E-state index in [1.807, 2.05) is 47.0 Å². The minimum Gasteiger partial charge on any atom is -0.478 e. The van der Waals surface area contributed by atoms with Crippen molar-refractivity contribution in [1.29, 1.82) is 0 Å². The number of piperidine rings is 2. The molecular formula is C33H35FN6O4. The van der Waals surface area contributed by atoms with E-state index in [0.29, 0.717) is 25.5 Å². The highest BCUT2D eigenvalue weighted by Crippen LogP contribution is 2.32. The van der Waals surface area contributed by atoms with E-state index in [1.165, 1.54) is 12.1 Å². The highest BCUT2D eigenvalue weighted by molar-refractivity contribution is 5.95. The van der Waals surface area contributed by atoms with E-state index in [9.17, 15) is 24.2 Å². The minimum absolute atomic E-state index is 0.112. The molecule has 2 unspecified atom stereocenters. The molecule has 0 radical (unpaired) electrons. The number of likely N-dealkylation sites (tertiary alicyclic amines) is 1. The molecule has 2 atom stereocenters. The summed E-state index contributed by atoms with van der Waals surface area (Å²) in [5, 5.41) is 23.3. The Morgan fingerprint density at radius 2 is 1.70 bits per heavy atom. The lowest BCUT2D eigenvalue weighted by Crippen LogP contribution is -2.55. The molecule has 4 heterocycles. The second-order valence-corrected chi connectivity index (χ2v) is 11.4.